The van der Waals surface area contributed by atoms with Crippen molar-refractivity contribution < 1.29 is 13.8 Å². The van der Waals surface area contributed by atoms with E-state index < -0.39 is 22.6 Å². The fourth-order valence-electron chi connectivity index (χ4n) is 1.55. The average molecular weight is 303 g/mol. The van der Waals surface area contributed by atoms with Gasteiger partial charge in [0.15, 0.2) is 0 Å². The number of nitrogens with zero attached hydrogens (tertiary/aromatic N) is 1. The molecule has 7 heteroatoms. The standard InChI is InChI=1S/C14H13N3O3S/c1-21(20)12-6-4-10(5-7-12)13(18)16-17-14(19)11-3-2-8-15-9-11/h2-9H,1H3,(H,16,18)(H,17,19). The van der Waals surface area contributed by atoms with Gasteiger partial charge in [0.05, 0.1) is 5.56 Å². The van der Waals surface area contributed by atoms with Crippen LogP contribution >= 0.6 is 0 Å². The molecule has 0 aliphatic rings. The van der Waals surface area contributed by atoms with Crippen LogP contribution in [0, 0.1) is 0 Å². The van der Waals surface area contributed by atoms with E-state index in [1.807, 2.05) is 0 Å². The molecule has 2 aromatic rings. The molecule has 0 aliphatic heterocycles. The quantitative estimate of drug-likeness (QED) is 0.824. The second-order valence-electron chi connectivity index (χ2n) is 4.13. The number of carbonyl (C=O) groups is 2. The highest BCUT2D eigenvalue weighted by Gasteiger charge is 2.09. The van der Waals surface area contributed by atoms with E-state index in [9.17, 15) is 13.8 Å². The fourth-order valence-corrected chi connectivity index (χ4v) is 2.07. The molecule has 2 amide bonds. The largest absolute Gasteiger partial charge is 0.271 e. The van der Waals surface area contributed by atoms with Gasteiger partial charge in [-0.1, -0.05) is 0 Å². The van der Waals surface area contributed by atoms with Gasteiger partial charge in [-0.05, 0) is 36.4 Å². The normalized spacial score (nSPS) is 11.5. The number of benzene rings is 1. The number of nitrogens with one attached hydrogen (secondary N) is 2. The maximum Gasteiger partial charge on any atom is 0.271 e. The predicted molar refractivity (Wildman–Crippen MR) is 77.9 cm³/mol. The summed E-state index contributed by atoms with van der Waals surface area (Å²) in [6, 6.07) is 9.51. The minimum atomic E-state index is -1.09. The summed E-state index contributed by atoms with van der Waals surface area (Å²) in [4.78, 5) is 28.0. The summed E-state index contributed by atoms with van der Waals surface area (Å²) in [6.07, 6.45) is 4.50. The molecule has 0 spiro atoms. The highest BCUT2D eigenvalue weighted by Crippen LogP contribution is 2.07. The maximum atomic E-state index is 11.8. The molecule has 108 valence electrons. The second-order valence-corrected chi connectivity index (χ2v) is 5.51. The van der Waals surface area contributed by atoms with Crippen molar-refractivity contribution >= 4 is 22.6 Å². The Morgan fingerprint density at radius 1 is 1.00 bits per heavy atom. The zero-order valence-electron chi connectivity index (χ0n) is 11.2. The van der Waals surface area contributed by atoms with Gasteiger partial charge < -0.3 is 0 Å². The van der Waals surface area contributed by atoms with Gasteiger partial charge in [-0.25, -0.2) is 0 Å². The van der Waals surface area contributed by atoms with Gasteiger partial charge in [0.25, 0.3) is 11.8 Å². The summed E-state index contributed by atoms with van der Waals surface area (Å²) in [5.74, 6) is -0.914. The molecule has 1 heterocycles. The van der Waals surface area contributed by atoms with E-state index >= 15 is 0 Å². The number of rotatable bonds is 3. The van der Waals surface area contributed by atoms with E-state index in [1.165, 1.54) is 6.20 Å². The summed E-state index contributed by atoms with van der Waals surface area (Å²) in [7, 11) is -1.09. The Kier molecular flexibility index (Phi) is 4.78. The first-order chi connectivity index (χ1) is 10.1. The second kappa shape index (κ2) is 6.76. The van der Waals surface area contributed by atoms with Crippen LogP contribution in [0.15, 0.2) is 53.7 Å². The lowest BCUT2D eigenvalue weighted by molar-refractivity contribution is 0.0846. The van der Waals surface area contributed by atoms with Crippen LogP contribution in [0.3, 0.4) is 0 Å². The van der Waals surface area contributed by atoms with Gasteiger partial charge in [0, 0.05) is 39.9 Å². The Hall–Kier alpha value is -2.54. The predicted octanol–water partition coefficient (Wildman–Crippen LogP) is 0.894. The van der Waals surface area contributed by atoms with Gasteiger partial charge >= 0.3 is 0 Å². The third-order valence-corrected chi connectivity index (χ3v) is 3.60. The Labute approximate surface area is 124 Å². The third-order valence-electron chi connectivity index (χ3n) is 2.66. The summed E-state index contributed by atoms with van der Waals surface area (Å²) in [5, 5.41) is 0. The minimum Gasteiger partial charge on any atom is -0.267 e. The molecule has 1 aromatic heterocycles. The number of amides is 2. The Morgan fingerprint density at radius 3 is 2.14 bits per heavy atom. The number of hydrogen-bond donors (Lipinski definition) is 2. The van der Waals surface area contributed by atoms with E-state index in [0.717, 1.165) is 0 Å². The Bertz CT molecular complexity index is 672. The van der Waals surface area contributed by atoms with Gasteiger partial charge in [-0.3, -0.25) is 29.6 Å². The molecule has 0 radical (unpaired) electrons. The van der Waals surface area contributed by atoms with Crippen molar-refractivity contribution in [3.63, 3.8) is 0 Å². The van der Waals surface area contributed by atoms with E-state index in [4.69, 9.17) is 0 Å². The van der Waals surface area contributed by atoms with Crippen molar-refractivity contribution in [2.24, 2.45) is 0 Å². The first kappa shape index (κ1) is 14.9. The molecule has 6 nitrogen and oxygen atoms in total. The molecular weight excluding hydrogens is 290 g/mol. The lowest BCUT2D eigenvalue weighted by Crippen LogP contribution is -2.41. The molecule has 0 aliphatic carbocycles. The van der Waals surface area contributed by atoms with Crippen LogP contribution in [-0.4, -0.2) is 27.3 Å². The van der Waals surface area contributed by atoms with Crippen LogP contribution < -0.4 is 10.9 Å². The van der Waals surface area contributed by atoms with Crippen molar-refractivity contribution in [1.82, 2.24) is 15.8 Å². The molecule has 1 unspecified atom stereocenters. The minimum absolute atomic E-state index is 0.342. The van der Waals surface area contributed by atoms with Crippen molar-refractivity contribution in [2.45, 2.75) is 4.90 Å². The van der Waals surface area contributed by atoms with Crippen molar-refractivity contribution in [2.75, 3.05) is 6.26 Å². The molecule has 21 heavy (non-hydrogen) atoms. The van der Waals surface area contributed by atoms with Crippen LogP contribution in [0.2, 0.25) is 0 Å². The number of hydrazine groups is 1. The number of pyridine rings is 1. The van der Waals surface area contributed by atoms with Crippen LogP contribution in [0.5, 0.6) is 0 Å². The van der Waals surface area contributed by atoms with E-state index in [-0.39, 0.29) is 0 Å². The monoisotopic (exact) mass is 303 g/mol. The van der Waals surface area contributed by atoms with E-state index in [0.29, 0.717) is 16.0 Å². The zero-order chi connectivity index (χ0) is 15.2. The molecule has 0 fully saturated rings. The zero-order valence-corrected chi connectivity index (χ0v) is 12.0. The first-order valence-electron chi connectivity index (χ1n) is 6.02. The molecule has 2 N–H and O–H groups in total. The third kappa shape index (κ3) is 3.96. The summed E-state index contributed by atoms with van der Waals surface area (Å²) < 4.78 is 11.2. The topological polar surface area (TPSA) is 88.2 Å². The van der Waals surface area contributed by atoms with Gasteiger partial charge in [0.1, 0.15) is 0 Å². The highest BCUT2D eigenvalue weighted by molar-refractivity contribution is 7.84. The number of carbonyl (C=O) groups excluding carboxylic acids is 2. The summed E-state index contributed by atoms with van der Waals surface area (Å²) >= 11 is 0. The lowest BCUT2D eigenvalue weighted by atomic mass is 10.2. The van der Waals surface area contributed by atoms with Crippen LogP contribution in [-0.2, 0) is 10.8 Å². The van der Waals surface area contributed by atoms with Crippen LogP contribution in [0.25, 0.3) is 0 Å². The molecule has 1 aromatic carbocycles. The fraction of sp³-hybridized carbons (Fsp3) is 0.0714. The van der Waals surface area contributed by atoms with Crippen molar-refractivity contribution in [3.05, 3.63) is 59.9 Å². The van der Waals surface area contributed by atoms with Gasteiger partial charge in [-0.15, -0.1) is 0 Å². The van der Waals surface area contributed by atoms with Gasteiger partial charge in [0.2, 0.25) is 0 Å². The molecule has 0 saturated carbocycles. The number of hydrogen-bond acceptors (Lipinski definition) is 4. The summed E-state index contributed by atoms with van der Waals surface area (Å²) in [6.45, 7) is 0. The molecule has 0 saturated heterocycles. The van der Waals surface area contributed by atoms with Crippen LogP contribution in [0.1, 0.15) is 20.7 Å². The van der Waals surface area contributed by atoms with Crippen molar-refractivity contribution in [3.8, 4) is 0 Å². The molecule has 0 bridgehead atoms. The first-order valence-corrected chi connectivity index (χ1v) is 7.58. The molecule has 1 atom stereocenters. The smallest absolute Gasteiger partial charge is 0.267 e. The van der Waals surface area contributed by atoms with Gasteiger partial charge in [-0.2, -0.15) is 0 Å². The van der Waals surface area contributed by atoms with E-state index in [1.54, 1.807) is 48.9 Å². The highest BCUT2D eigenvalue weighted by atomic mass is 32.2. The Balaban J connectivity index is 1.96. The SMILES string of the molecule is CS(=O)c1ccc(C(=O)NNC(=O)c2cccnc2)cc1. The molecule has 2 rings (SSSR count). The average Bonchev–Trinajstić information content (AvgIpc) is 2.53. The Morgan fingerprint density at radius 2 is 1.62 bits per heavy atom. The van der Waals surface area contributed by atoms with Crippen LogP contribution in [0.4, 0.5) is 0 Å². The maximum absolute atomic E-state index is 11.8. The molecular formula is C14H13N3O3S. The van der Waals surface area contributed by atoms with E-state index in [2.05, 4.69) is 15.8 Å². The number of aromatic nitrogens is 1. The van der Waals surface area contributed by atoms with Crippen molar-refractivity contribution in [1.29, 1.82) is 0 Å². The lowest BCUT2D eigenvalue weighted by Gasteiger charge is -2.07. The summed E-state index contributed by atoms with van der Waals surface area (Å²) in [5.41, 5.74) is 5.30.